The smallest absolute Gasteiger partial charge is 0.147 e. The monoisotopic (exact) mass is 251 g/mol. The van der Waals surface area contributed by atoms with Crippen molar-refractivity contribution >= 4 is 11.3 Å². The molecular formula is C15H13N3O. The van der Waals surface area contributed by atoms with Gasteiger partial charge in [-0.05, 0) is 0 Å². The van der Waals surface area contributed by atoms with Crippen LogP contribution in [0.5, 0.6) is 5.75 Å². The second-order valence-electron chi connectivity index (χ2n) is 4.56. The van der Waals surface area contributed by atoms with Crippen LogP contribution in [0.1, 0.15) is 0 Å². The first-order valence-corrected chi connectivity index (χ1v) is 6.35. The Kier molecular flexibility index (Phi) is 2.21. The van der Waals surface area contributed by atoms with E-state index in [1.54, 1.807) is 0 Å². The van der Waals surface area contributed by atoms with Crippen molar-refractivity contribution in [3.63, 3.8) is 0 Å². The van der Waals surface area contributed by atoms with Gasteiger partial charge in [0.1, 0.15) is 18.0 Å². The molecule has 0 atom stereocenters. The van der Waals surface area contributed by atoms with E-state index in [9.17, 15) is 0 Å². The predicted molar refractivity (Wildman–Crippen MR) is 74.6 cm³/mol. The van der Waals surface area contributed by atoms with Crippen molar-refractivity contribution < 1.29 is 4.74 Å². The Morgan fingerprint density at radius 1 is 1.21 bits per heavy atom. The summed E-state index contributed by atoms with van der Waals surface area (Å²) in [7, 11) is 0. The maximum Gasteiger partial charge on any atom is 0.147 e. The molecule has 19 heavy (non-hydrogen) atoms. The summed E-state index contributed by atoms with van der Waals surface area (Å²) in [4.78, 5) is 4.46. The maximum absolute atomic E-state index is 5.63. The fourth-order valence-electron chi connectivity index (χ4n) is 2.43. The summed E-state index contributed by atoms with van der Waals surface area (Å²) in [5.41, 5.74) is 4.17. The van der Waals surface area contributed by atoms with Crippen LogP contribution in [-0.2, 0) is 0 Å². The lowest BCUT2D eigenvalue weighted by Crippen LogP contribution is -2.18. The van der Waals surface area contributed by atoms with Gasteiger partial charge in [-0.3, -0.25) is 4.40 Å². The minimum Gasteiger partial charge on any atom is -0.489 e. The van der Waals surface area contributed by atoms with E-state index in [-0.39, 0.29) is 0 Å². The van der Waals surface area contributed by atoms with Gasteiger partial charge >= 0.3 is 0 Å². The van der Waals surface area contributed by atoms with Gasteiger partial charge in [-0.15, -0.1) is 0 Å². The summed E-state index contributed by atoms with van der Waals surface area (Å²) >= 11 is 0. The molecule has 0 saturated carbocycles. The molecule has 0 amide bonds. The summed E-state index contributed by atoms with van der Waals surface area (Å²) in [5, 5.41) is 3.35. The average Bonchev–Trinajstić information content (AvgIpc) is 2.88. The van der Waals surface area contributed by atoms with Crippen LogP contribution in [0.3, 0.4) is 0 Å². The zero-order chi connectivity index (χ0) is 12.7. The van der Waals surface area contributed by atoms with Crippen LogP contribution in [0.2, 0.25) is 0 Å². The Hall–Kier alpha value is -2.49. The van der Waals surface area contributed by atoms with E-state index in [4.69, 9.17) is 4.74 Å². The van der Waals surface area contributed by atoms with Gasteiger partial charge in [0.05, 0.1) is 17.6 Å². The Morgan fingerprint density at radius 2 is 2.11 bits per heavy atom. The van der Waals surface area contributed by atoms with Crippen LogP contribution in [0.25, 0.3) is 16.9 Å². The number of imidazole rings is 1. The van der Waals surface area contributed by atoms with Crippen molar-refractivity contribution in [2.24, 2.45) is 0 Å². The molecule has 94 valence electrons. The summed E-state index contributed by atoms with van der Waals surface area (Å²) < 4.78 is 7.72. The molecular weight excluding hydrogens is 238 g/mol. The van der Waals surface area contributed by atoms with E-state index in [0.29, 0.717) is 6.61 Å². The van der Waals surface area contributed by atoms with Crippen molar-refractivity contribution in [2.45, 2.75) is 0 Å². The number of ether oxygens (including phenoxy) is 1. The topological polar surface area (TPSA) is 38.6 Å². The Labute approximate surface area is 110 Å². The van der Waals surface area contributed by atoms with Gasteiger partial charge in [0.2, 0.25) is 0 Å². The molecule has 0 spiro atoms. The third-order valence-corrected chi connectivity index (χ3v) is 3.35. The summed E-state index contributed by atoms with van der Waals surface area (Å²) in [6.45, 7) is 1.54. The second-order valence-corrected chi connectivity index (χ2v) is 4.56. The van der Waals surface area contributed by atoms with Gasteiger partial charge in [0.15, 0.2) is 0 Å². The predicted octanol–water partition coefficient (Wildman–Crippen LogP) is 2.81. The Bertz CT molecular complexity index is 734. The number of rotatable bonds is 1. The van der Waals surface area contributed by atoms with E-state index in [2.05, 4.69) is 33.0 Å². The highest BCUT2D eigenvalue weighted by atomic mass is 16.5. The third kappa shape index (κ3) is 1.64. The first kappa shape index (κ1) is 10.4. The number of anilines is 1. The van der Waals surface area contributed by atoms with Crippen molar-refractivity contribution in [2.75, 3.05) is 18.5 Å². The summed E-state index contributed by atoms with van der Waals surface area (Å²) in [6, 6.07) is 12.3. The molecule has 3 heterocycles. The zero-order valence-electron chi connectivity index (χ0n) is 10.3. The molecule has 1 aromatic carbocycles. The first-order chi connectivity index (χ1) is 9.42. The normalized spacial score (nSPS) is 13.7. The van der Waals surface area contributed by atoms with Crippen molar-refractivity contribution in [3.05, 3.63) is 48.8 Å². The number of hydrogen-bond acceptors (Lipinski definition) is 3. The molecule has 4 rings (SSSR count). The number of pyridine rings is 1. The molecule has 3 aromatic rings. The van der Waals surface area contributed by atoms with E-state index < -0.39 is 0 Å². The van der Waals surface area contributed by atoms with Crippen LogP contribution in [0, 0.1) is 0 Å². The van der Waals surface area contributed by atoms with Crippen molar-refractivity contribution in [1.29, 1.82) is 0 Å². The minimum absolute atomic E-state index is 0.704. The fourth-order valence-corrected chi connectivity index (χ4v) is 2.43. The molecule has 1 aliphatic heterocycles. The van der Waals surface area contributed by atoms with Crippen LogP contribution >= 0.6 is 0 Å². The molecule has 1 N–H and O–H groups in total. The largest absolute Gasteiger partial charge is 0.489 e. The van der Waals surface area contributed by atoms with Gasteiger partial charge in [-0.2, -0.15) is 0 Å². The molecule has 0 radical (unpaired) electrons. The highest BCUT2D eigenvalue weighted by molar-refractivity contribution is 5.69. The highest BCUT2D eigenvalue weighted by Gasteiger charge is 2.13. The Morgan fingerprint density at radius 3 is 3.00 bits per heavy atom. The molecule has 1 aliphatic rings. The lowest BCUT2D eigenvalue weighted by atomic mass is 10.2. The van der Waals surface area contributed by atoms with Gasteiger partial charge in [0, 0.05) is 24.4 Å². The molecule has 0 saturated heterocycles. The van der Waals surface area contributed by atoms with E-state index >= 15 is 0 Å². The van der Waals surface area contributed by atoms with E-state index in [1.165, 1.54) is 0 Å². The molecule has 0 aliphatic carbocycles. The Balaban J connectivity index is 1.94. The van der Waals surface area contributed by atoms with Gasteiger partial charge in [-0.25, -0.2) is 4.98 Å². The number of fused-ring (bicyclic) bond motifs is 2. The molecule has 0 fully saturated rings. The molecule has 4 heteroatoms. The van der Waals surface area contributed by atoms with Gasteiger partial charge in [0.25, 0.3) is 0 Å². The SMILES string of the molecule is c1ccc(-c2cnc3cc4c(cn23)NCCO4)cc1. The molecule has 2 aromatic heterocycles. The van der Waals surface area contributed by atoms with Crippen molar-refractivity contribution in [3.8, 4) is 17.0 Å². The standard InChI is InChI=1S/C15H13N3O/c1-2-4-11(5-3-1)13-9-17-15-8-14-12(10-18(13)15)16-6-7-19-14/h1-5,8-10,16H,6-7H2. The van der Waals surface area contributed by atoms with Crippen LogP contribution in [0.15, 0.2) is 48.8 Å². The summed E-state index contributed by atoms with van der Waals surface area (Å²) in [5.74, 6) is 0.879. The van der Waals surface area contributed by atoms with Gasteiger partial charge in [-0.1, -0.05) is 30.3 Å². The number of aromatic nitrogens is 2. The average molecular weight is 251 g/mol. The lowest BCUT2D eigenvalue weighted by Gasteiger charge is -2.19. The highest BCUT2D eigenvalue weighted by Crippen LogP contribution is 2.31. The fraction of sp³-hybridized carbons (Fsp3) is 0.133. The quantitative estimate of drug-likeness (QED) is 0.722. The zero-order valence-corrected chi connectivity index (χ0v) is 10.3. The van der Waals surface area contributed by atoms with Gasteiger partial charge < -0.3 is 10.1 Å². The van der Waals surface area contributed by atoms with E-state index in [0.717, 1.165) is 34.9 Å². The van der Waals surface area contributed by atoms with Crippen LogP contribution < -0.4 is 10.1 Å². The summed E-state index contributed by atoms with van der Waals surface area (Å²) in [6.07, 6.45) is 3.95. The third-order valence-electron chi connectivity index (χ3n) is 3.35. The molecule has 0 bridgehead atoms. The second kappa shape index (κ2) is 4.02. The number of nitrogens with zero attached hydrogens (tertiary/aromatic N) is 2. The number of hydrogen-bond donors (Lipinski definition) is 1. The first-order valence-electron chi connectivity index (χ1n) is 6.35. The number of nitrogens with one attached hydrogen (secondary N) is 1. The van der Waals surface area contributed by atoms with Crippen molar-refractivity contribution in [1.82, 2.24) is 9.38 Å². The molecule has 4 nitrogen and oxygen atoms in total. The maximum atomic E-state index is 5.63. The van der Waals surface area contributed by atoms with Crippen LogP contribution in [-0.4, -0.2) is 22.5 Å². The lowest BCUT2D eigenvalue weighted by molar-refractivity contribution is 0.323. The van der Waals surface area contributed by atoms with Crippen LogP contribution in [0.4, 0.5) is 5.69 Å². The minimum atomic E-state index is 0.704. The van der Waals surface area contributed by atoms with E-state index in [1.807, 2.05) is 30.5 Å². The molecule has 0 unspecified atom stereocenters. The number of benzene rings is 1.